The topological polar surface area (TPSA) is 17.1 Å². The van der Waals surface area contributed by atoms with E-state index in [4.69, 9.17) is 11.6 Å². The molecule has 1 heterocycles. The summed E-state index contributed by atoms with van der Waals surface area (Å²) in [4.78, 5) is 12.4. The summed E-state index contributed by atoms with van der Waals surface area (Å²) in [7, 11) is 0. The Balaban J connectivity index is 2.49. The van der Waals surface area contributed by atoms with Gasteiger partial charge in [0.05, 0.1) is 4.88 Å². The Kier molecular flexibility index (Phi) is 2.89. The van der Waals surface area contributed by atoms with Crippen molar-refractivity contribution in [1.82, 2.24) is 0 Å². The van der Waals surface area contributed by atoms with Gasteiger partial charge in [0.2, 0.25) is 0 Å². The third kappa shape index (κ3) is 2.11. The number of halogens is 1. The molecule has 15 heavy (non-hydrogen) atoms. The molecule has 1 aromatic heterocycles. The van der Waals surface area contributed by atoms with Crippen LogP contribution >= 0.6 is 22.9 Å². The molecule has 0 bridgehead atoms. The van der Waals surface area contributed by atoms with Gasteiger partial charge in [0.15, 0.2) is 6.29 Å². The number of aryl methyl sites for hydroxylation is 1. The maximum atomic E-state index is 10.6. The van der Waals surface area contributed by atoms with Gasteiger partial charge in [-0.1, -0.05) is 17.7 Å². The molecule has 0 spiro atoms. The summed E-state index contributed by atoms with van der Waals surface area (Å²) in [6.07, 6.45) is 0.874. The van der Waals surface area contributed by atoms with E-state index in [-0.39, 0.29) is 0 Å². The molecule has 0 aliphatic carbocycles. The van der Waals surface area contributed by atoms with Crippen molar-refractivity contribution in [2.24, 2.45) is 0 Å². The van der Waals surface area contributed by atoms with E-state index in [2.05, 4.69) is 0 Å². The van der Waals surface area contributed by atoms with E-state index in [9.17, 15) is 4.79 Å². The minimum atomic E-state index is 0.739. The van der Waals surface area contributed by atoms with Crippen molar-refractivity contribution < 1.29 is 4.79 Å². The van der Waals surface area contributed by atoms with Crippen molar-refractivity contribution in [2.75, 3.05) is 0 Å². The van der Waals surface area contributed by atoms with Crippen molar-refractivity contribution in [2.45, 2.75) is 6.92 Å². The van der Waals surface area contributed by atoms with Crippen LogP contribution < -0.4 is 0 Å². The maximum Gasteiger partial charge on any atom is 0.160 e. The largest absolute Gasteiger partial charge is 0.297 e. The van der Waals surface area contributed by atoms with Crippen LogP contribution in [0.1, 0.15) is 15.2 Å². The standard InChI is InChI=1S/C12H9ClOS/c1-8-6-9(13)2-4-11(8)12-5-3-10(7-14)15-12/h2-7H,1H3. The van der Waals surface area contributed by atoms with Crippen LogP contribution in [0.2, 0.25) is 5.02 Å². The first-order valence-corrected chi connectivity index (χ1v) is 5.71. The van der Waals surface area contributed by atoms with E-state index in [1.165, 1.54) is 11.3 Å². The summed E-state index contributed by atoms with van der Waals surface area (Å²) in [6, 6.07) is 9.57. The lowest BCUT2D eigenvalue weighted by Gasteiger charge is -2.02. The van der Waals surface area contributed by atoms with E-state index in [1.807, 2.05) is 37.3 Å². The molecule has 1 aromatic carbocycles. The summed E-state index contributed by atoms with van der Waals surface area (Å²) in [6.45, 7) is 2.02. The van der Waals surface area contributed by atoms with E-state index >= 15 is 0 Å². The fourth-order valence-electron chi connectivity index (χ4n) is 1.46. The van der Waals surface area contributed by atoms with Crippen LogP contribution in [0.5, 0.6) is 0 Å². The first-order valence-electron chi connectivity index (χ1n) is 4.52. The smallest absolute Gasteiger partial charge is 0.160 e. The molecule has 76 valence electrons. The second-order valence-corrected chi connectivity index (χ2v) is 4.83. The number of thiophene rings is 1. The van der Waals surface area contributed by atoms with Gasteiger partial charge >= 0.3 is 0 Å². The predicted molar refractivity (Wildman–Crippen MR) is 64.9 cm³/mol. The first kappa shape index (κ1) is 10.4. The minimum Gasteiger partial charge on any atom is -0.297 e. The summed E-state index contributed by atoms with van der Waals surface area (Å²) in [5.41, 5.74) is 2.26. The molecule has 3 heteroatoms. The highest BCUT2D eigenvalue weighted by atomic mass is 35.5. The Bertz CT molecular complexity index is 502. The van der Waals surface area contributed by atoms with Gasteiger partial charge in [0.25, 0.3) is 0 Å². The summed E-state index contributed by atoms with van der Waals surface area (Å²) >= 11 is 7.38. The van der Waals surface area contributed by atoms with Gasteiger partial charge in [-0.05, 0) is 42.3 Å². The van der Waals surface area contributed by atoms with Crippen molar-refractivity contribution in [3.8, 4) is 10.4 Å². The van der Waals surface area contributed by atoms with Gasteiger partial charge in [0.1, 0.15) is 0 Å². The van der Waals surface area contributed by atoms with Crippen LogP contribution in [0.3, 0.4) is 0 Å². The SMILES string of the molecule is Cc1cc(Cl)ccc1-c1ccc(C=O)s1. The number of hydrogen-bond acceptors (Lipinski definition) is 2. The number of aldehydes is 1. The Morgan fingerprint density at radius 3 is 2.67 bits per heavy atom. The maximum absolute atomic E-state index is 10.6. The lowest BCUT2D eigenvalue weighted by Crippen LogP contribution is -1.79. The van der Waals surface area contributed by atoms with Gasteiger partial charge in [-0.3, -0.25) is 4.79 Å². The van der Waals surface area contributed by atoms with Crippen LogP contribution in [0, 0.1) is 6.92 Å². The molecule has 0 saturated heterocycles. The van der Waals surface area contributed by atoms with Crippen molar-refractivity contribution >= 4 is 29.2 Å². The molecule has 0 N–H and O–H groups in total. The third-order valence-electron chi connectivity index (χ3n) is 2.20. The lowest BCUT2D eigenvalue weighted by molar-refractivity contribution is 0.112. The molecule has 2 rings (SSSR count). The Morgan fingerprint density at radius 2 is 2.07 bits per heavy atom. The van der Waals surface area contributed by atoms with Crippen LogP contribution in [0.4, 0.5) is 0 Å². The van der Waals surface area contributed by atoms with Gasteiger partial charge < -0.3 is 0 Å². The highest BCUT2D eigenvalue weighted by Gasteiger charge is 2.05. The number of hydrogen-bond donors (Lipinski definition) is 0. The number of carbonyl (C=O) groups excluding carboxylic acids is 1. The summed E-state index contributed by atoms with van der Waals surface area (Å²) in [5.74, 6) is 0. The number of rotatable bonds is 2. The molecule has 0 aliphatic rings. The van der Waals surface area contributed by atoms with Gasteiger partial charge in [-0.15, -0.1) is 11.3 Å². The second kappa shape index (κ2) is 4.17. The average Bonchev–Trinajstić information content (AvgIpc) is 2.66. The Morgan fingerprint density at radius 1 is 1.27 bits per heavy atom. The third-order valence-corrected chi connectivity index (χ3v) is 3.48. The molecule has 0 amide bonds. The first-order chi connectivity index (χ1) is 7.20. The fourth-order valence-corrected chi connectivity index (χ4v) is 2.60. The second-order valence-electron chi connectivity index (χ2n) is 3.28. The summed E-state index contributed by atoms with van der Waals surface area (Å²) < 4.78 is 0. The zero-order valence-electron chi connectivity index (χ0n) is 8.16. The monoisotopic (exact) mass is 236 g/mol. The van der Waals surface area contributed by atoms with Gasteiger partial charge in [-0.25, -0.2) is 0 Å². The van der Waals surface area contributed by atoms with Crippen molar-refractivity contribution in [3.05, 3.63) is 45.8 Å². The molecular formula is C12H9ClOS. The van der Waals surface area contributed by atoms with Crippen LogP contribution in [0.15, 0.2) is 30.3 Å². The molecular weight excluding hydrogens is 228 g/mol. The van der Waals surface area contributed by atoms with Crippen LogP contribution in [-0.4, -0.2) is 6.29 Å². The number of benzene rings is 1. The van der Waals surface area contributed by atoms with Crippen molar-refractivity contribution in [1.29, 1.82) is 0 Å². The van der Waals surface area contributed by atoms with Gasteiger partial charge in [-0.2, -0.15) is 0 Å². The Hall–Kier alpha value is -1.12. The molecule has 0 saturated carbocycles. The Labute approximate surface area is 97.3 Å². The van der Waals surface area contributed by atoms with Crippen LogP contribution in [0.25, 0.3) is 10.4 Å². The van der Waals surface area contributed by atoms with Crippen molar-refractivity contribution in [3.63, 3.8) is 0 Å². The molecule has 0 fully saturated rings. The van der Waals surface area contributed by atoms with E-state index in [0.29, 0.717) is 0 Å². The quantitative estimate of drug-likeness (QED) is 0.715. The highest BCUT2D eigenvalue weighted by molar-refractivity contribution is 7.17. The normalized spacial score (nSPS) is 10.3. The van der Waals surface area contributed by atoms with Crippen LogP contribution in [-0.2, 0) is 0 Å². The summed E-state index contributed by atoms with van der Waals surface area (Å²) in [5, 5.41) is 0.739. The average molecular weight is 237 g/mol. The fraction of sp³-hybridized carbons (Fsp3) is 0.0833. The lowest BCUT2D eigenvalue weighted by atomic mass is 10.1. The zero-order chi connectivity index (χ0) is 10.8. The molecule has 2 aromatic rings. The minimum absolute atomic E-state index is 0.739. The van der Waals surface area contributed by atoms with E-state index in [0.717, 1.165) is 32.2 Å². The molecule has 1 nitrogen and oxygen atoms in total. The highest BCUT2D eigenvalue weighted by Crippen LogP contribution is 2.31. The molecule has 0 atom stereocenters. The van der Waals surface area contributed by atoms with E-state index < -0.39 is 0 Å². The zero-order valence-corrected chi connectivity index (χ0v) is 9.73. The molecule has 0 unspecified atom stereocenters. The van der Waals surface area contributed by atoms with Gasteiger partial charge in [0, 0.05) is 9.90 Å². The van der Waals surface area contributed by atoms with E-state index in [1.54, 1.807) is 0 Å². The molecule has 0 aliphatic heterocycles. The number of carbonyl (C=O) groups is 1. The predicted octanol–water partition coefficient (Wildman–Crippen LogP) is 4.19. The molecule has 0 radical (unpaired) electrons.